The van der Waals surface area contributed by atoms with Gasteiger partial charge in [-0.15, -0.1) is 11.3 Å². The molecule has 3 aliphatic carbocycles. The molecule has 1 amide bonds. The number of thiophene rings is 1. The zero-order valence-corrected chi connectivity index (χ0v) is 19.2. The van der Waals surface area contributed by atoms with E-state index < -0.39 is 5.97 Å². The molecular weight excluding hydrogens is 410 g/mol. The molecule has 3 N–H and O–H groups in total. The highest BCUT2D eigenvalue weighted by Crippen LogP contribution is 2.62. The van der Waals surface area contributed by atoms with E-state index in [1.807, 2.05) is 11.4 Å². The van der Waals surface area contributed by atoms with Crippen LogP contribution < -0.4 is 5.32 Å². The zero-order valence-electron chi connectivity index (χ0n) is 18.4. The molecule has 168 valence electrons. The Bertz CT molecular complexity index is 966. The van der Waals surface area contributed by atoms with Crippen LogP contribution >= 0.6 is 11.3 Å². The van der Waals surface area contributed by atoms with Crippen LogP contribution in [0, 0.1) is 23.2 Å². The smallest absolute Gasteiger partial charge is 0.303 e. The number of amides is 1. The molecule has 0 radical (unpaired) electrons. The number of rotatable bonds is 9. The molecule has 3 saturated carbocycles. The van der Waals surface area contributed by atoms with E-state index in [0.717, 1.165) is 48.6 Å². The van der Waals surface area contributed by atoms with Crippen molar-refractivity contribution >= 4 is 33.3 Å². The minimum Gasteiger partial charge on any atom is -0.508 e. The van der Waals surface area contributed by atoms with Crippen LogP contribution in [0.15, 0.2) is 23.6 Å². The van der Waals surface area contributed by atoms with Crippen LogP contribution in [-0.2, 0) is 4.79 Å². The van der Waals surface area contributed by atoms with Gasteiger partial charge in [0.25, 0.3) is 5.91 Å². The Morgan fingerprint density at radius 3 is 2.68 bits per heavy atom. The van der Waals surface area contributed by atoms with Gasteiger partial charge in [0.1, 0.15) is 5.75 Å². The van der Waals surface area contributed by atoms with Gasteiger partial charge in [0.05, 0.1) is 5.56 Å². The number of nitrogens with one attached hydrogen (secondary N) is 1. The third-order valence-corrected chi connectivity index (χ3v) is 8.88. The average Bonchev–Trinajstić information content (AvgIpc) is 3.13. The van der Waals surface area contributed by atoms with Gasteiger partial charge in [0, 0.05) is 27.9 Å². The number of fused-ring (bicyclic) bond motifs is 3. The van der Waals surface area contributed by atoms with E-state index in [9.17, 15) is 14.7 Å². The summed E-state index contributed by atoms with van der Waals surface area (Å²) in [5.74, 6) is 1.21. The minimum absolute atomic E-state index is 0.0348. The first-order valence-electron chi connectivity index (χ1n) is 11.5. The largest absolute Gasteiger partial charge is 0.508 e. The molecule has 0 unspecified atom stereocenters. The molecular formula is C25H33NO4S. The van der Waals surface area contributed by atoms with E-state index in [4.69, 9.17) is 5.11 Å². The summed E-state index contributed by atoms with van der Waals surface area (Å²) < 4.78 is 1.01. The van der Waals surface area contributed by atoms with Crippen LogP contribution in [0.2, 0.25) is 0 Å². The molecule has 3 aliphatic rings. The van der Waals surface area contributed by atoms with Crippen molar-refractivity contribution < 1.29 is 19.8 Å². The first-order chi connectivity index (χ1) is 14.8. The molecule has 3 fully saturated rings. The summed E-state index contributed by atoms with van der Waals surface area (Å²) in [6.07, 6.45) is 7.48. The van der Waals surface area contributed by atoms with Crippen molar-refractivity contribution in [3.63, 3.8) is 0 Å². The van der Waals surface area contributed by atoms with Gasteiger partial charge in [0.2, 0.25) is 0 Å². The van der Waals surface area contributed by atoms with Crippen molar-refractivity contribution in [2.75, 3.05) is 0 Å². The predicted octanol–water partition coefficient (Wildman–Crippen LogP) is 5.81. The molecule has 5 nitrogen and oxygen atoms in total. The molecule has 31 heavy (non-hydrogen) atoms. The maximum Gasteiger partial charge on any atom is 0.303 e. The first kappa shape index (κ1) is 22.1. The highest BCUT2D eigenvalue weighted by atomic mass is 32.1. The second-order valence-corrected chi connectivity index (χ2v) is 10.9. The number of hydrogen-bond acceptors (Lipinski definition) is 4. The molecule has 2 bridgehead atoms. The summed E-state index contributed by atoms with van der Waals surface area (Å²) >= 11 is 1.53. The van der Waals surface area contributed by atoms with Crippen LogP contribution in [0.25, 0.3) is 10.1 Å². The SMILES string of the molecule is CC1(C)[C@H]2C[C@@H](NC(=O)c3csc4ccc(O)cc34)[C@@H](CCCCCCC(=O)O)[C@@H]1C2. The fraction of sp³-hybridized carbons (Fsp3) is 0.600. The van der Waals surface area contributed by atoms with E-state index in [-0.39, 0.29) is 24.1 Å². The van der Waals surface area contributed by atoms with Gasteiger partial charge < -0.3 is 15.5 Å². The van der Waals surface area contributed by atoms with Gasteiger partial charge in [0.15, 0.2) is 0 Å². The van der Waals surface area contributed by atoms with Gasteiger partial charge in [-0.2, -0.15) is 0 Å². The Kier molecular flexibility index (Phi) is 6.29. The van der Waals surface area contributed by atoms with Gasteiger partial charge in [-0.25, -0.2) is 0 Å². The van der Waals surface area contributed by atoms with E-state index in [0.29, 0.717) is 28.7 Å². The van der Waals surface area contributed by atoms with Crippen LogP contribution in [-0.4, -0.2) is 28.1 Å². The van der Waals surface area contributed by atoms with Crippen molar-refractivity contribution in [2.45, 2.75) is 71.3 Å². The number of hydrogen-bond donors (Lipinski definition) is 3. The lowest BCUT2D eigenvalue weighted by Crippen LogP contribution is -2.61. The van der Waals surface area contributed by atoms with E-state index in [2.05, 4.69) is 19.2 Å². The maximum atomic E-state index is 13.2. The van der Waals surface area contributed by atoms with Crippen LogP contribution in [0.4, 0.5) is 0 Å². The molecule has 0 aliphatic heterocycles. The highest BCUT2D eigenvalue weighted by molar-refractivity contribution is 7.17. The normalized spacial score (nSPS) is 26.4. The molecule has 0 saturated heterocycles. The van der Waals surface area contributed by atoms with Gasteiger partial charge >= 0.3 is 5.97 Å². The fourth-order valence-electron chi connectivity index (χ4n) is 5.96. The monoisotopic (exact) mass is 443 g/mol. The number of phenolic OH excluding ortho intramolecular Hbond substituents is 1. The Balaban J connectivity index is 1.41. The number of benzene rings is 1. The molecule has 5 rings (SSSR count). The predicted molar refractivity (Wildman–Crippen MR) is 124 cm³/mol. The molecule has 4 atom stereocenters. The summed E-state index contributed by atoms with van der Waals surface area (Å²) in [6.45, 7) is 4.75. The van der Waals surface area contributed by atoms with E-state index in [1.165, 1.54) is 17.8 Å². The third-order valence-electron chi connectivity index (χ3n) is 7.91. The van der Waals surface area contributed by atoms with Crippen LogP contribution in [0.5, 0.6) is 5.75 Å². The Morgan fingerprint density at radius 2 is 1.94 bits per heavy atom. The van der Waals surface area contributed by atoms with Crippen LogP contribution in [0.3, 0.4) is 0 Å². The number of carboxylic acid groups (broad SMARTS) is 1. The Labute approximate surface area is 187 Å². The fourth-order valence-corrected chi connectivity index (χ4v) is 6.88. The summed E-state index contributed by atoms with van der Waals surface area (Å²) in [4.78, 5) is 23.9. The third kappa shape index (κ3) is 4.45. The molecule has 1 aromatic heterocycles. The zero-order chi connectivity index (χ0) is 22.2. The number of carboxylic acids is 1. The maximum absolute atomic E-state index is 13.2. The van der Waals surface area contributed by atoms with E-state index >= 15 is 0 Å². The van der Waals surface area contributed by atoms with Gasteiger partial charge in [-0.3, -0.25) is 9.59 Å². The van der Waals surface area contributed by atoms with Crippen molar-refractivity contribution in [1.82, 2.24) is 5.32 Å². The van der Waals surface area contributed by atoms with Crippen molar-refractivity contribution in [3.8, 4) is 5.75 Å². The van der Waals surface area contributed by atoms with Crippen LogP contribution in [0.1, 0.15) is 75.6 Å². The topological polar surface area (TPSA) is 86.6 Å². The first-order valence-corrected chi connectivity index (χ1v) is 12.4. The average molecular weight is 444 g/mol. The Morgan fingerprint density at radius 1 is 1.16 bits per heavy atom. The molecule has 1 heterocycles. The second-order valence-electron chi connectivity index (χ2n) is 10.0. The molecule has 6 heteroatoms. The lowest BCUT2D eigenvalue weighted by atomic mass is 9.44. The number of phenols is 1. The van der Waals surface area contributed by atoms with E-state index in [1.54, 1.807) is 12.1 Å². The standard InChI is InChI=1S/C25H33NO4S/c1-25(2)15-11-20(25)17(7-5-3-4-6-8-23(28)29)21(12-15)26-24(30)19-14-31-22-10-9-16(27)13-18(19)22/h9-10,13-15,17,20-21,27H,3-8,11-12H2,1-2H3,(H,26,30)(H,28,29)/t15-,17+,20+,21-/m1/s1. The number of aliphatic carboxylic acids is 1. The lowest BCUT2D eigenvalue weighted by molar-refractivity contribution is -0.137. The van der Waals surface area contributed by atoms with Crippen molar-refractivity contribution in [2.24, 2.45) is 23.2 Å². The molecule has 1 aromatic carbocycles. The summed E-state index contributed by atoms with van der Waals surface area (Å²) in [5, 5.41) is 24.7. The number of aromatic hydroxyl groups is 1. The summed E-state index contributed by atoms with van der Waals surface area (Å²) in [6, 6.07) is 5.38. The number of unbranched alkanes of at least 4 members (excludes halogenated alkanes) is 3. The van der Waals surface area contributed by atoms with Crippen molar-refractivity contribution in [3.05, 3.63) is 29.1 Å². The lowest BCUT2D eigenvalue weighted by Gasteiger charge is -2.62. The summed E-state index contributed by atoms with van der Waals surface area (Å²) in [5.41, 5.74) is 0.998. The molecule has 0 spiro atoms. The summed E-state index contributed by atoms with van der Waals surface area (Å²) in [7, 11) is 0. The second kappa shape index (κ2) is 8.81. The number of carbonyl (C=O) groups excluding carboxylic acids is 1. The van der Waals surface area contributed by atoms with Gasteiger partial charge in [-0.05, 0) is 67.1 Å². The minimum atomic E-state index is -0.716. The van der Waals surface area contributed by atoms with Gasteiger partial charge in [-0.1, -0.05) is 33.1 Å². The Hall–Kier alpha value is -2.08. The quantitative estimate of drug-likeness (QED) is 0.427. The highest BCUT2D eigenvalue weighted by Gasteiger charge is 2.57. The number of carbonyl (C=O) groups is 2. The molecule has 2 aromatic rings. The van der Waals surface area contributed by atoms with Crippen molar-refractivity contribution in [1.29, 1.82) is 0 Å².